The van der Waals surface area contributed by atoms with Crippen LogP contribution in [0.5, 0.6) is 5.75 Å². The fourth-order valence-corrected chi connectivity index (χ4v) is 3.04. The van der Waals surface area contributed by atoms with Gasteiger partial charge < -0.3 is 24.5 Å². The Morgan fingerprint density at radius 2 is 2.32 bits per heavy atom. The SMILES string of the molecule is COc1ccc2nc(CCNC(=O)N3CCn4cncc4C3)[nH]c2c1. The van der Waals surface area contributed by atoms with E-state index < -0.39 is 0 Å². The summed E-state index contributed by atoms with van der Waals surface area (Å²) in [5.41, 5.74) is 2.89. The summed E-state index contributed by atoms with van der Waals surface area (Å²) in [5.74, 6) is 1.64. The number of H-pyrrole nitrogens is 1. The van der Waals surface area contributed by atoms with Gasteiger partial charge in [0.2, 0.25) is 0 Å². The lowest BCUT2D eigenvalue weighted by atomic mass is 10.3. The fourth-order valence-electron chi connectivity index (χ4n) is 3.04. The molecule has 2 amide bonds. The van der Waals surface area contributed by atoms with E-state index in [4.69, 9.17) is 4.74 Å². The molecule has 2 N–H and O–H groups in total. The van der Waals surface area contributed by atoms with Gasteiger partial charge in [0.05, 0.1) is 36.7 Å². The van der Waals surface area contributed by atoms with Crippen LogP contribution in [-0.4, -0.2) is 50.6 Å². The van der Waals surface area contributed by atoms with Gasteiger partial charge in [0.1, 0.15) is 11.6 Å². The molecular weight excluding hydrogens is 320 g/mol. The normalized spacial score (nSPS) is 13.7. The molecule has 8 heteroatoms. The zero-order valence-electron chi connectivity index (χ0n) is 14.0. The minimum atomic E-state index is -0.0507. The number of hydrogen-bond acceptors (Lipinski definition) is 4. The second-order valence-corrected chi connectivity index (χ2v) is 6.05. The maximum absolute atomic E-state index is 12.3. The Kier molecular flexibility index (Phi) is 4.01. The van der Waals surface area contributed by atoms with Gasteiger partial charge in [0.25, 0.3) is 0 Å². The van der Waals surface area contributed by atoms with Crippen LogP contribution >= 0.6 is 0 Å². The number of fused-ring (bicyclic) bond motifs is 2. The van der Waals surface area contributed by atoms with Crippen molar-refractivity contribution in [3.8, 4) is 5.75 Å². The molecule has 4 rings (SSSR count). The summed E-state index contributed by atoms with van der Waals surface area (Å²) in [5, 5.41) is 2.96. The Hall–Kier alpha value is -3.03. The van der Waals surface area contributed by atoms with Crippen LogP contribution in [-0.2, 0) is 19.5 Å². The molecule has 2 aromatic heterocycles. The smallest absolute Gasteiger partial charge is 0.317 e. The third-order valence-corrected chi connectivity index (χ3v) is 4.43. The average Bonchev–Trinajstić information content (AvgIpc) is 3.26. The number of carbonyl (C=O) groups excluding carboxylic acids is 1. The summed E-state index contributed by atoms with van der Waals surface area (Å²) in [7, 11) is 1.64. The molecule has 0 aliphatic carbocycles. The number of methoxy groups -OCH3 is 1. The number of rotatable bonds is 4. The van der Waals surface area contributed by atoms with E-state index >= 15 is 0 Å². The van der Waals surface area contributed by atoms with Crippen LogP contribution < -0.4 is 10.1 Å². The highest BCUT2D eigenvalue weighted by Crippen LogP contribution is 2.18. The van der Waals surface area contributed by atoms with E-state index in [0.29, 0.717) is 26.1 Å². The van der Waals surface area contributed by atoms with Gasteiger partial charge in [-0.3, -0.25) is 0 Å². The van der Waals surface area contributed by atoms with E-state index in [1.807, 2.05) is 24.4 Å². The predicted octanol–water partition coefficient (Wildman–Crippen LogP) is 1.54. The number of carbonyl (C=O) groups is 1. The number of ether oxygens (including phenoxy) is 1. The van der Waals surface area contributed by atoms with Crippen molar-refractivity contribution >= 4 is 17.1 Å². The fraction of sp³-hybridized carbons (Fsp3) is 0.353. The molecule has 0 radical (unpaired) electrons. The van der Waals surface area contributed by atoms with Crippen molar-refractivity contribution in [3.63, 3.8) is 0 Å². The molecule has 25 heavy (non-hydrogen) atoms. The summed E-state index contributed by atoms with van der Waals surface area (Å²) in [4.78, 5) is 26.0. The molecular formula is C17H20N6O2. The Labute approximate surface area is 144 Å². The molecule has 1 aliphatic rings. The number of hydrogen-bond donors (Lipinski definition) is 2. The summed E-state index contributed by atoms with van der Waals surface area (Å²) in [6.45, 7) is 2.61. The van der Waals surface area contributed by atoms with E-state index in [1.165, 1.54) is 0 Å². The minimum Gasteiger partial charge on any atom is -0.497 e. The van der Waals surface area contributed by atoms with Gasteiger partial charge in [0, 0.05) is 38.3 Å². The van der Waals surface area contributed by atoms with E-state index in [2.05, 4.69) is 24.8 Å². The molecule has 0 bridgehead atoms. The minimum absolute atomic E-state index is 0.0507. The topological polar surface area (TPSA) is 88.1 Å². The predicted molar refractivity (Wildman–Crippen MR) is 92.4 cm³/mol. The summed E-state index contributed by atoms with van der Waals surface area (Å²) < 4.78 is 7.29. The first-order valence-corrected chi connectivity index (χ1v) is 8.27. The van der Waals surface area contributed by atoms with E-state index in [-0.39, 0.29) is 6.03 Å². The van der Waals surface area contributed by atoms with Crippen molar-refractivity contribution in [2.45, 2.75) is 19.5 Å². The number of aromatic amines is 1. The van der Waals surface area contributed by atoms with Crippen LogP contribution in [0.25, 0.3) is 11.0 Å². The molecule has 130 valence electrons. The van der Waals surface area contributed by atoms with Gasteiger partial charge in [-0.2, -0.15) is 0 Å². The van der Waals surface area contributed by atoms with Gasteiger partial charge in [0.15, 0.2) is 0 Å². The monoisotopic (exact) mass is 340 g/mol. The Morgan fingerprint density at radius 1 is 1.40 bits per heavy atom. The van der Waals surface area contributed by atoms with Gasteiger partial charge in [-0.1, -0.05) is 0 Å². The Morgan fingerprint density at radius 3 is 3.20 bits per heavy atom. The summed E-state index contributed by atoms with van der Waals surface area (Å²) in [6.07, 6.45) is 4.26. The largest absolute Gasteiger partial charge is 0.497 e. The molecule has 0 atom stereocenters. The van der Waals surface area contributed by atoms with Crippen LogP contribution in [0, 0.1) is 0 Å². The molecule has 3 aromatic rings. The third-order valence-electron chi connectivity index (χ3n) is 4.43. The van der Waals surface area contributed by atoms with Crippen molar-refractivity contribution in [2.75, 3.05) is 20.2 Å². The lowest BCUT2D eigenvalue weighted by Crippen LogP contribution is -2.44. The quantitative estimate of drug-likeness (QED) is 0.754. The molecule has 0 spiro atoms. The van der Waals surface area contributed by atoms with Crippen molar-refractivity contribution in [2.24, 2.45) is 0 Å². The highest BCUT2D eigenvalue weighted by molar-refractivity contribution is 5.77. The molecule has 1 aliphatic heterocycles. The Bertz CT molecular complexity index is 900. The summed E-state index contributed by atoms with van der Waals surface area (Å²) in [6, 6.07) is 5.67. The average molecular weight is 340 g/mol. The second kappa shape index (κ2) is 6.46. The van der Waals surface area contributed by atoms with Crippen LogP contribution in [0.4, 0.5) is 4.79 Å². The van der Waals surface area contributed by atoms with Crippen molar-refractivity contribution in [3.05, 3.63) is 42.2 Å². The lowest BCUT2D eigenvalue weighted by Gasteiger charge is -2.28. The molecule has 0 unspecified atom stereocenters. The van der Waals surface area contributed by atoms with Gasteiger partial charge in [-0.15, -0.1) is 0 Å². The molecule has 0 saturated heterocycles. The van der Waals surface area contributed by atoms with Gasteiger partial charge in [-0.05, 0) is 12.1 Å². The number of benzene rings is 1. The van der Waals surface area contributed by atoms with Crippen LogP contribution in [0.2, 0.25) is 0 Å². The lowest BCUT2D eigenvalue weighted by molar-refractivity contribution is 0.183. The summed E-state index contributed by atoms with van der Waals surface area (Å²) >= 11 is 0. The van der Waals surface area contributed by atoms with E-state index in [9.17, 15) is 4.79 Å². The van der Waals surface area contributed by atoms with Gasteiger partial charge in [-0.25, -0.2) is 14.8 Å². The second-order valence-electron chi connectivity index (χ2n) is 6.05. The molecule has 0 saturated carbocycles. The number of amides is 2. The highest BCUT2D eigenvalue weighted by atomic mass is 16.5. The first-order chi connectivity index (χ1) is 12.2. The molecule has 1 aromatic carbocycles. The van der Waals surface area contributed by atoms with E-state index in [1.54, 1.807) is 18.3 Å². The maximum Gasteiger partial charge on any atom is 0.317 e. The van der Waals surface area contributed by atoms with Crippen molar-refractivity contribution < 1.29 is 9.53 Å². The van der Waals surface area contributed by atoms with Crippen molar-refractivity contribution in [1.29, 1.82) is 0 Å². The van der Waals surface area contributed by atoms with Crippen LogP contribution in [0.1, 0.15) is 11.5 Å². The van der Waals surface area contributed by atoms with Crippen molar-refractivity contribution in [1.82, 2.24) is 29.7 Å². The maximum atomic E-state index is 12.3. The van der Waals surface area contributed by atoms with Gasteiger partial charge >= 0.3 is 6.03 Å². The molecule has 3 heterocycles. The number of urea groups is 1. The standard InChI is InChI=1S/C17H20N6O2/c1-25-13-2-3-14-15(8-13)21-16(20-14)4-5-19-17(24)22-6-7-23-11-18-9-12(23)10-22/h2-3,8-9,11H,4-7,10H2,1H3,(H,19,24)(H,20,21). The molecule has 8 nitrogen and oxygen atoms in total. The van der Waals surface area contributed by atoms with E-state index in [0.717, 1.165) is 34.8 Å². The third kappa shape index (κ3) is 3.15. The number of imidazole rings is 2. The number of nitrogens with zero attached hydrogens (tertiary/aromatic N) is 4. The van der Waals surface area contributed by atoms with Crippen LogP contribution in [0.15, 0.2) is 30.7 Å². The highest BCUT2D eigenvalue weighted by Gasteiger charge is 2.20. The zero-order valence-corrected chi connectivity index (χ0v) is 14.0. The zero-order chi connectivity index (χ0) is 17.2. The first kappa shape index (κ1) is 15.5. The first-order valence-electron chi connectivity index (χ1n) is 8.27. The Balaban J connectivity index is 1.32. The van der Waals surface area contributed by atoms with Crippen LogP contribution in [0.3, 0.4) is 0 Å². The number of nitrogens with one attached hydrogen (secondary N) is 2. The number of aromatic nitrogens is 4. The molecule has 0 fully saturated rings.